The van der Waals surface area contributed by atoms with Crippen LogP contribution in [0.3, 0.4) is 0 Å². The molecule has 0 atom stereocenters. The third-order valence-electron chi connectivity index (χ3n) is 2.48. The molecular formula is C12H8Cl2N2O3. The molecule has 2 rings (SSSR count). The highest BCUT2D eigenvalue weighted by molar-refractivity contribution is 6.43. The number of nitro groups is 1. The van der Waals surface area contributed by atoms with Crippen LogP contribution in [0.25, 0.3) is 11.1 Å². The van der Waals surface area contributed by atoms with Gasteiger partial charge in [0, 0.05) is 23.4 Å². The van der Waals surface area contributed by atoms with E-state index in [0.29, 0.717) is 21.2 Å². The van der Waals surface area contributed by atoms with Crippen molar-refractivity contribution in [3.05, 3.63) is 50.6 Å². The van der Waals surface area contributed by atoms with E-state index in [-0.39, 0.29) is 11.6 Å². The number of nitrogens with zero attached hydrogens (tertiary/aromatic N) is 2. The first-order valence-corrected chi connectivity index (χ1v) is 5.93. The van der Waals surface area contributed by atoms with Crippen LogP contribution in [0.5, 0.6) is 5.88 Å². The van der Waals surface area contributed by atoms with Gasteiger partial charge in [0.25, 0.3) is 5.88 Å². The number of hydrogen-bond acceptors (Lipinski definition) is 4. The van der Waals surface area contributed by atoms with Crippen molar-refractivity contribution in [1.82, 2.24) is 4.98 Å². The number of halogens is 2. The van der Waals surface area contributed by atoms with Crippen LogP contribution in [0, 0.1) is 10.1 Å². The standard InChI is InChI=1S/C12H8Cl2N2O3/c1-19-12-10(16(17)18)5-7(6-15-12)8-3-2-4-9(13)11(8)14/h2-6H,1H3. The van der Waals surface area contributed by atoms with Gasteiger partial charge in [-0.1, -0.05) is 35.3 Å². The first kappa shape index (κ1) is 13.6. The monoisotopic (exact) mass is 298 g/mol. The molecule has 0 saturated heterocycles. The molecule has 0 bridgehead atoms. The van der Waals surface area contributed by atoms with E-state index < -0.39 is 4.92 Å². The van der Waals surface area contributed by atoms with Crippen molar-refractivity contribution < 1.29 is 9.66 Å². The van der Waals surface area contributed by atoms with Gasteiger partial charge in [-0.25, -0.2) is 4.98 Å². The zero-order valence-corrected chi connectivity index (χ0v) is 11.3. The van der Waals surface area contributed by atoms with E-state index in [9.17, 15) is 10.1 Å². The van der Waals surface area contributed by atoms with Crippen LogP contribution in [-0.4, -0.2) is 17.0 Å². The summed E-state index contributed by atoms with van der Waals surface area (Å²) in [5.74, 6) is -0.0492. The highest BCUT2D eigenvalue weighted by atomic mass is 35.5. The smallest absolute Gasteiger partial charge is 0.331 e. The summed E-state index contributed by atoms with van der Waals surface area (Å²) in [6.45, 7) is 0. The lowest BCUT2D eigenvalue weighted by Gasteiger charge is -2.07. The predicted octanol–water partition coefficient (Wildman–Crippen LogP) is 3.97. The number of aromatic nitrogens is 1. The van der Waals surface area contributed by atoms with E-state index in [4.69, 9.17) is 27.9 Å². The molecule has 19 heavy (non-hydrogen) atoms. The van der Waals surface area contributed by atoms with Gasteiger partial charge in [0.05, 0.1) is 22.1 Å². The molecule has 0 aliphatic carbocycles. The van der Waals surface area contributed by atoms with Gasteiger partial charge >= 0.3 is 5.69 Å². The SMILES string of the molecule is COc1ncc(-c2cccc(Cl)c2Cl)cc1[N+](=O)[O-]. The Kier molecular flexibility index (Phi) is 3.87. The maximum Gasteiger partial charge on any atom is 0.331 e. The number of pyridine rings is 1. The van der Waals surface area contributed by atoms with Crippen LogP contribution >= 0.6 is 23.2 Å². The maximum atomic E-state index is 10.9. The fourth-order valence-electron chi connectivity index (χ4n) is 1.60. The number of methoxy groups -OCH3 is 1. The van der Waals surface area contributed by atoms with Crippen LogP contribution in [0.15, 0.2) is 30.5 Å². The second-order valence-corrected chi connectivity index (χ2v) is 4.40. The summed E-state index contributed by atoms with van der Waals surface area (Å²) in [4.78, 5) is 14.3. The Morgan fingerprint density at radius 3 is 2.74 bits per heavy atom. The first-order valence-electron chi connectivity index (χ1n) is 5.17. The van der Waals surface area contributed by atoms with Crippen LogP contribution in [0.1, 0.15) is 0 Å². The molecule has 0 aliphatic rings. The molecule has 0 unspecified atom stereocenters. The third kappa shape index (κ3) is 2.62. The Hall–Kier alpha value is -1.85. The van der Waals surface area contributed by atoms with Crippen molar-refractivity contribution in [1.29, 1.82) is 0 Å². The van der Waals surface area contributed by atoms with Crippen LogP contribution < -0.4 is 4.74 Å². The molecular weight excluding hydrogens is 291 g/mol. The minimum atomic E-state index is -0.562. The molecule has 7 heteroatoms. The molecule has 0 aliphatic heterocycles. The second-order valence-electron chi connectivity index (χ2n) is 3.61. The molecule has 0 fully saturated rings. The highest BCUT2D eigenvalue weighted by Crippen LogP contribution is 2.36. The van der Waals surface area contributed by atoms with Gasteiger partial charge in [-0.3, -0.25) is 10.1 Å². The zero-order valence-electron chi connectivity index (χ0n) is 9.76. The van der Waals surface area contributed by atoms with Crippen LogP contribution in [0.4, 0.5) is 5.69 Å². The average Bonchev–Trinajstić information content (AvgIpc) is 2.41. The molecule has 1 aromatic heterocycles. The van der Waals surface area contributed by atoms with Crippen molar-refractivity contribution in [2.45, 2.75) is 0 Å². The highest BCUT2D eigenvalue weighted by Gasteiger charge is 2.18. The Balaban J connectivity index is 2.61. The van der Waals surface area contributed by atoms with E-state index in [1.165, 1.54) is 19.4 Å². The van der Waals surface area contributed by atoms with Gasteiger partial charge in [0.2, 0.25) is 0 Å². The Morgan fingerprint density at radius 1 is 1.37 bits per heavy atom. The third-order valence-corrected chi connectivity index (χ3v) is 3.30. The normalized spacial score (nSPS) is 10.3. The molecule has 0 N–H and O–H groups in total. The average molecular weight is 299 g/mol. The largest absolute Gasteiger partial charge is 0.476 e. The summed E-state index contributed by atoms with van der Waals surface area (Å²) in [6, 6.07) is 6.41. The summed E-state index contributed by atoms with van der Waals surface area (Å²) in [5, 5.41) is 11.6. The van der Waals surface area contributed by atoms with Crippen molar-refractivity contribution in [2.75, 3.05) is 7.11 Å². The van der Waals surface area contributed by atoms with Gasteiger partial charge in [0.15, 0.2) is 0 Å². The number of hydrogen-bond donors (Lipinski definition) is 0. The summed E-state index contributed by atoms with van der Waals surface area (Å²) in [7, 11) is 1.32. The summed E-state index contributed by atoms with van der Waals surface area (Å²) >= 11 is 12.0. The minimum absolute atomic E-state index is 0.0492. The Morgan fingerprint density at radius 2 is 2.11 bits per heavy atom. The molecule has 0 spiro atoms. The number of ether oxygens (including phenoxy) is 1. The maximum absolute atomic E-state index is 10.9. The number of benzene rings is 1. The van der Waals surface area contributed by atoms with Gasteiger partial charge < -0.3 is 4.74 Å². The van der Waals surface area contributed by atoms with Gasteiger partial charge in [-0.05, 0) is 6.07 Å². The lowest BCUT2D eigenvalue weighted by Crippen LogP contribution is -1.97. The summed E-state index contributed by atoms with van der Waals surface area (Å²) in [5.41, 5.74) is 0.850. The van der Waals surface area contributed by atoms with E-state index in [1.54, 1.807) is 18.2 Å². The van der Waals surface area contributed by atoms with Gasteiger partial charge in [-0.15, -0.1) is 0 Å². The topological polar surface area (TPSA) is 65.3 Å². The van der Waals surface area contributed by atoms with Crippen LogP contribution in [0.2, 0.25) is 10.0 Å². The van der Waals surface area contributed by atoms with E-state index in [1.807, 2.05) is 0 Å². The van der Waals surface area contributed by atoms with Crippen molar-refractivity contribution in [2.24, 2.45) is 0 Å². The lowest BCUT2D eigenvalue weighted by molar-refractivity contribution is -0.386. The first-order chi connectivity index (χ1) is 9.04. The molecule has 1 heterocycles. The Bertz CT molecular complexity index is 647. The second kappa shape index (κ2) is 5.42. The van der Waals surface area contributed by atoms with Crippen molar-refractivity contribution >= 4 is 28.9 Å². The molecule has 98 valence electrons. The van der Waals surface area contributed by atoms with Gasteiger partial charge in [-0.2, -0.15) is 0 Å². The van der Waals surface area contributed by atoms with E-state index >= 15 is 0 Å². The van der Waals surface area contributed by atoms with Crippen molar-refractivity contribution in [3.63, 3.8) is 0 Å². The summed E-state index contributed by atoms with van der Waals surface area (Å²) < 4.78 is 4.84. The summed E-state index contributed by atoms with van der Waals surface area (Å²) in [6.07, 6.45) is 1.45. The quantitative estimate of drug-likeness (QED) is 0.635. The predicted molar refractivity (Wildman–Crippen MR) is 72.9 cm³/mol. The van der Waals surface area contributed by atoms with Crippen molar-refractivity contribution in [3.8, 4) is 17.0 Å². The van der Waals surface area contributed by atoms with Crippen LogP contribution in [-0.2, 0) is 0 Å². The number of rotatable bonds is 3. The molecule has 1 aromatic carbocycles. The molecule has 0 amide bonds. The molecule has 0 radical (unpaired) electrons. The molecule has 0 saturated carbocycles. The molecule has 5 nitrogen and oxygen atoms in total. The zero-order chi connectivity index (χ0) is 14.0. The fraction of sp³-hybridized carbons (Fsp3) is 0.0833. The molecule has 2 aromatic rings. The minimum Gasteiger partial charge on any atom is -0.476 e. The fourth-order valence-corrected chi connectivity index (χ4v) is 2.01. The lowest BCUT2D eigenvalue weighted by atomic mass is 10.1. The van der Waals surface area contributed by atoms with E-state index in [2.05, 4.69) is 4.98 Å². The van der Waals surface area contributed by atoms with Gasteiger partial charge in [0.1, 0.15) is 0 Å². The van der Waals surface area contributed by atoms with E-state index in [0.717, 1.165) is 0 Å². The Labute approximate surface area is 118 Å².